The van der Waals surface area contributed by atoms with Crippen LogP contribution in [0.1, 0.15) is 41.1 Å². The molecule has 5 rings (SSSR count). The average Bonchev–Trinajstić information content (AvgIpc) is 3.32. The van der Waals surface area contributed by atoms with Gasteiger partial charge in [-0.2, -0.15) is 0 Å². The van der Waals surface area contributed by atoms with Gasteiger partial charge in [-0.3, -0.25) is 4.98 Å². The van der Waals surface area contributed by atoms with Crippen LogP contribution in [0.4, 0.5) is 0 Å². The van der Waals surface area contributed by atoms with Crippen LogP contribution in [-0.4, -0.2) is 63.2 Å². The van der Waals surface area contributed by atoms with Crippen LogP contribution in [-0.2, 0) is 22.5 Å². The fraction of sp³-hybridized carbons (Fsp3) is 0.385. The molecule has 0 aliphatic carbocycles. The molecule has 0 saturated carbocycles. The summed E-state index contributed by atoms with van der Waals surface area (Å²) in [7, 11) is 0.127. The summed E-state index contributed by atoms with van der Waals surface area (Å²) in [4.78, 5) is 9.15. The van der Waals surface area contributed by atoms with E-state index in [1.807, 2.05) is 26.0 Å². The maximum Gasteiger partial charge on any atom is 0.258 e. The summed E-state index contributed by atoms with van der Waals surface area (Å²) in [6, 6.07) is 8.96. The van der Waals surface area contributed by atoms with E-state index in [-0.39, 0.29) is 34.3 Å². The Balaban J connectivity index is 1.66. The van der Waals surface area contributed by atoms with Crippen molar-refractivity contribution in [3.05, 3.63) is 69.8 Å². The number of aromatic nitrogens is 5. The number of benzene rings is 1. The summed E-state index contributed by atoms with van der Waals surface area (Å²) in [5.41, 5.74) is 1.90. The third-order valence-corrected chi connectivity index (χ3v) is 9.04. The molecule has 200 valence electrons. The first-order chi connectivity index (χ1) is 18.0. The van der Waals surface area contributed by atoms with Gasteiger partial charge >= 0.3 is 0 Å². The van der Waals surface area contributed by atoms with Crippen molar-refractivity contribution in [2.75, 3.05) is 18.6 Å². The quantitative estimate of drug-likeness (QED) is 0.379. The molecule has 0 spiro atoms. The number of rotatable bonds is 6. The highest BCUT2D eigenvalue weighted by atomic mass is 35.5. The molecule has 3 aromatic heterocycles. The standard InChI is InChI=1S/C26H28ClN5O5S/c1-15-5-7-20(16(2)29-15)26(33,22-14-28-31-32(22)3)17-6-8-21-19(13-17)23(27)24(25(30-21)36-4)37-18-9-11-38(34,35)12-10-18/h5-8,13-14,18,33H,9-12H2,1-4H3. The predicted molar refractivity (Wildman–Crippen MR) is 142 cm³/mol. The van der Waals surface area contributed by atoms with Gasteiger partial charge in [0.2, 0.25) is 5.75 Å². The molecule has 38 heavy (non-hydrogen) atoms. The zero-order valence-corrected chi connectivity index (χ0v) is 23.0. The lowest BCUT2D eigenvalue weighted by Gasteiger charge is -2.30. The van der Waals surface area contributed by atoms with Crippen LogP contribution in [0.25, 0.3) is 10.9 Å². The summed E-state index contributed by atoms with van der Waals surface area (Å²) in [6.45, 7) is 3.73. The van der Waals surface area contributed by atoms with Crippen molar-refractivity contribution in [2.24, 2.45) is 7.05 Å². The molecular formula is C26H28ClN5O5S. The zero-order chi connectivity index (χ0) is 27.2. The third kappa shape index (κ3) is 4.59. The molecular weight excluding hydrogens is 530 g/mol. The Kier molecular flexibility index (Phi) is 6.79. The number of halogens is 1. The van der Waals surface area contributed by atoms with Crippen LogP contribution >= 0.6 is 11.6 Å². The van der Waals surface area contributed by atoms with E-state index in [4.69, 9.17) is 21.1 Å². The Labute approximate surface area is 225 Å². The molecule has 0 amide bonds. The molecule has 1 N–H and O–H groups in total. The van der Waals surface area contributed by atoms with Gasteiger partial charge in [-0.05, 0) is 50.5 Å². The summed E-state index contributed by atoms with van der Waals surface area (Å²) in [5.74, 6) is 0.548. The van der Waals surface area contributed by atoms with Gasteiger partial charge in [-0.15, -0.1) is 5.10 Å². The van der Waals surface area contributed by atoms with Gasteiger partial charge in [0, 0.05) is 29.4 Å². The monoisotopic (exact) mass is 557 g/mol. The highest BCUT2D eigenvalue weighted by Crippen LogP contribution is 2.43. The van der Waals surface area contributed by atoms with Crippen LogP contribution in [0.2, 0.25) is 5.02 Å². The van der Waals surface area contributed by atoms with Crippen molar-refractivity contribution in [1.29, 1.82) is 0 Å². The van der Waals surface area contributed by atoms with E-state index in [2.05, 4.69) is 20.3 Å². The first-order valence-corrected chi connectivity index (χ1v) is 14.3. The molecule has 0 radical (unpaired) electrons. The molecule has 1 saturated heterocycles. The lowest BCUT2D eigenvalue weighted by Crippen LogP contribution is -2.32. The van der Waals surface area contributed by atoms with Crippen LogP contribution in [0.3, 0.4) is 0 Å². The van der Waals surface area contributed by atoms with Crippen molar-refractivity contribution < 1.29 is 23.0 Å². The summed E-state index contributed by atoms with van der Waals surface area (Å²) in [5, 5.41) is 21.2. The molecule has 10 nitrogen and oxygen atoms in total. The number of nitrogens with zero attached hydrogens (tertiary/aromatic N) is 5. The SMILES string of the molecule is COc1nc2ccc(C(O)(c3ccc(C)nc3C)c3cnnn3C)cc2c(Cl)c1OC1CCS(=O)(=O)CC1. The van der Waals surface area contributed by atoms with E-state index in [9.17, 15) is 13.5 Å². The fourth-order valence-electron chi connectivity index (χ4n) is 4.93. The van der Waals surface area contributed by atoms with E-state index >= 15 is 0 Å². The van der Waals surface area contributed by atoms with Crippen molar-refractivity contribution in [1.82, 2.24) is 25.0 Å². The van der Waals surface area contributed by atoms with Gasteiger partial charge in [-0.1, -0.05) is 28.9 Å². The Bertz CT molecular complexity index is 1630. The Morgan fingerprint density at radius 1 is 1.13 bits per heavy atom. The first-order valence-electron chi connectivity index (χ1n) is 12.1. The van der Waals surface area contributed by atoms with Gasteiger partial charge < -0.3 is 14.6 Å². The topological polar surface area (TPSA) is 129 Å². The minimum atomic E-state index is -3.05. The van der Waals surface area contributed by atoms with Gasteiger partial charge in [0.15, 0.2) is 15.4 Å². The number of sulfone groups is 1. The van der Waals surface area contributed by atoms with E-state index in [1.54, 1.807) is 25.2 Å². The second-order valence-corrected chi connectivity index (χ2v) is 12.2. The number of hydrogen-bond donors (Lipinski definition) is 1. The molecule has 1 fully saturated rings. The highest BCUT2D eigenvalue weighted by molar-refractivity contribution is 7.91. The van der Waals surface area contributed by atoms with Crippen molar-refractivity contribution >= 4 is 32.3 Å². The smallest absolute Gasteiger partial charge is 0.258 e. The molecule has 1 unspecified atom stereocenters. The van der Waals surface area contributed by atoms with Crippen molar-refractivity contribution in [3.63, 3.8) is 0 Å². The Morgan fingerprint density at radius 2 is 1.87 bits per heavy atom. The molecule has 1 aromatic carbocycles. The number of aryl methyl sites for hydroxylation is 3. The Morgan fingerprint density at radius 3 is 2.50 bits per heavy atom. The van der Waals surface area contributed by atoms with E-state index in [0.717, 1.165) is 5.69 Å². The second kappa shape index (κ2) is 9.79. The fourth-order valence-corrected chi connectivity index (χ4v) is 6.66. The molecule has 1 atom stereocenters. The Hall–Kier alpha value is -3.28. The van der Waals surface area contributed by atoms with Crippen LogP contribution < -0.4 is 9.47 Å². The molecule has 4 heterocycles. The van der Waals surface area contributed by atoms with E-state index in [0.29, 0.717) is 46.3 Å². The maximum absolute atomic E-state index is 12.4. The van der Waals surface area contributed by atoms with E-state index in [1.165, 1.54) is 18.0 Å². The van der Waals surface area contributed by atoms with Crippen LogP contribution in [0.5, 0.6) is 11.6 Å². The number of aliphatic hydroxyl groups is 1. The van der Waals surface area contributed by atoms with Crippen molar-refractivity contribution in [2.45, 2.75) is 38.4 Å². The average molecular weight is 558 g/mol. The molecule has 4 aromatic rings. The number of ether oxygens (including phenoxy) is 2. The number of methoxy groups -OCH3 is 1. The number of hydrogen-bond acceptors (Lipinski definition) is 9. The van der Waals surface area contributed by atoms with Gasteiger partial charge in [0.25, 0.3) is 5.88 Å². The molecule has 12 heteroatoms. The second-order valence-electron chi connectivity index (χ2n) is 9.50. The third-order valence-electron chi connectivity index (χ3n) is 6.95. The molecule has 1 aliphatic heterocycles. The highest BCUT2D eigenvalue weighted by Gasteiger charge is 2.39. The number of pyridine rings is 2. The lowest BCUT2D eigenvalue weighted by atomic mass is 9.82. The van der Waals surface area contributed by atoms with Gasteiger partial charge in [0.1, 0.15) is 6.10 Å². The molecule has 0 bridgehead atoms. The van der Waals surface area contributed by atoms with Gasteiger partial charge in [-0.25, -0.2) is 18.1 Å². The van der Waals surface area contributed by atoms with Crippen LogP contribution in [0.15, 0.2) is 36.5 Å². The largest absolute Gasteiger partial charge is 0.483 e. The molecule has 1 aliphatic rings. The summed E-state index contributed by atoms with van der Waals surface area (Å²) >= 11 is 6.89. The number of fused-ring (bicyclic) bond motifs is 1. The summed E-state index contributed by atoms with van der Waals surface area (Å²) in [6.07, 6.45) is 1.88. The minimum Gasteiger partial charge on any atom is -0.483 e. The normalized spacial score (nSPS) is 17.3. The maximum atomic E-state index is 12.4. The summed E-state index contributed by atoms with van der Waals surface area (Å²) < 4.78 is 36.9. The van der Waals surface area contributed by atoms with Gasteiger partial charge in [0.05, 0.1) is 41.0 Å². The lowest BCUT2D eigenvalue weighted by molar-refractivity contribution is 0.115. The van der Waals surface area contributed by atoms with Crippen LogP contribution in [0, 0.1) is 13.8 Å². The first kappa shape index (κ1) is 26.3. The zero-order valence-electron chi connectivity index (χ0n) is 21.5. The predicted octanol–water partition coefficient (Wildman–Crippen LogP) is 3.28. The minimum absolute atomic E-state index is 0.0540. The van der Waals surface area contributed by atoms with E-state index < -0.39 is 15.4 Å². The van der Waals surface area contributed by atoms with Crippen molar-refractivity contribution in [3.8, 4) is 11.6 Å².